The molecule has 63 heavy (non-hydrogen) atoms. The second kappa shape index (κ2) is 19.7. The Labute approximate surface area is 369 Å². The Morgan fingerprint density at radius 1 is 0.952 bits per heavy atom. The van der Waals surface area contributed by atoms with Crippen molar-refractivity contribution in [1.82, 2.24) is 20.1 Å². The normalized spacial score (nSPS) is 18.9. The maximum Gasteiger partial charge on any atom is 0.259 e. The van der Waals surface area contributed by atoms with Crippen molar-refractivity contribution in [1.29, 1.82) is 0 Å². The fourth-order valence-corrected chi connectivity index (χ4v) is 10.7. The van der Waals surface area contributed by atoms with Crippen molar-refractivity contribution in [2.24, 2.45) is 17.8 Å². The number of unbranched alkanes of at least 4 members (excludes halogenated alkanes) is 5. The van der Waals surface area contributed by atoms with Crippen LogP contribution in [-0.2, 0) is 31.3 Å². The van der Waals surface area contributed by atoms with Gasteiger partial charge in [-0.1, -0.05) is 37.8 Å². The zero-order chi connectivity index (χ0) is 44.8. The Kier molecular flexibility index (Phi) is 14.2. The van der Waals surface area contributed by atoms with Gasteiger partial charge in [-0.15, -0.1) is 11.3 Å². The number of aliphatic imine (C=N–C) groups is 1. The smallest absolute Gasteiger partial charge is 0.259 e. The van der Waals surface area contributed by atoms with E-state index in [1.54, 1.807) is 49.6 Å². The number of methoxy groups -OCH3 is 1. The third kappa shape index (κ3) is 10.5. The third-order valence-electron chi connectivity index (χ3n) is 11.6. The van der Waals surface area contributed by atoms with Crippen LogP contribution in [0.1, 0.15) is 91.2 Å². The number of nitrogens with one attached hydrogen (secondary N) is 3. The second-order valence-corrected chi connectivity index (χ2v) is 19.5. The van der Waals surface area contributed by atoms with Gasteiger partial charge in [-0.05, 0) is 68.0 Å². The number of anilines is 1. The molecule has 0 saturated carbocycles. The van der Waals surface area contributed by atoms with Crippen LogP contribution >= 0.6 is 11.3 Å². The van der Waals surface area contributed by atoms with E-state index < -0.39 is 33.9 Å². The highest BCUT2D eigenvalue weighted by atomic mass is 32.2. The van der Waals surface area contributed by atoms with E-state index in [0.717, 1.165) is 64.9 Å². The van der Waals surface area contributed by atoms with Crippen LogP contribution in [0, 0.1) is 0 Å². The van der Waals surface area contributed by atoms with E-state index in [9.17, 15) is 37.5 Å². The number of pyridine rings is 1. The molecule has 4 aromatic rings. The first kappa shape index (κ1) is 45.2. The number of hydrogen-bond acceptors (Lipinski definition) is 13. The number of rotatable bonds is 18. The summed E-state index contributed by atoms with van der Waals surface area (Å²) in [4.78, 5) is 69.2. The second-order valence-electron chi connectivity index (χ2n) is 16.1. The molecule has 0 aliphatic carbocycles. The average Bonchev–Trinajstić information content (AvgIpc) is 3.82. The molecule has 4 amide bonds. The van der Waals surface area contributed by atoms with Gasteiger partial charge in [-0.3, -0.25) is 39.2 Å². The zero-order valence-electron chi connectivity index (χ0n) is 35.3. The lowest BCUT2D eigenvalue weighted by atomic mass is 10.0. The summed E-state index contributed by atoms with van der Waals surface area (Å²) in [5, 5.41) is 19.8. The third-order valence-corrected chi connectivity index (χ3v) is 14.5. The van der Waals surface area contributed by atoms with Crippen LogP contribution in [0.5, 0.6) is 11.5 Å². The number of hydrogen-bond donors (Lipinski definition) is 5. The number of aryl methyl sites for hydroxylation is 1. The molecule has 2 saturated heterocycles. The van der Waals surface area contributed by atoms with E-state index in [0.29, 0.717) is 58.8 Å². The molecule has 3 aliphatic heterocycles. The van der Waals surface area contributed by atoms with Crippen molar-refractivity contribution in [3.8, 4) is 22.6 Å². The molecular weight excluding hydrogens is 851 g/mol. The van der Waals surface area contributed by atoms with Crippen molar-refractivity contribution in [2.45, 2.75) is 82.5 Å². The summed E-state index contributed by atoms with van der Waals surface area (Å²) in [7, 11) is 0.159. The van der Waals surface area contributed by atoms with Crippen LogP contribution in [0.15, 0.2) is 58.4 Å². The van der Waals surface area contributed by atoms with Crippen molar-refractivity contribution < 1.29 is 42.2 Å². The fraction of sp³-hybridized carbons (Fsp3) is 0.455. The van der Waals surface area contributed by atoms with Crippen LogP contribution in [0.25, 0.3) is 21.2 Å². The molecule has 17 nitrogen and oxygen atoms in total. The Balaban J connectivity index is 0.815. The molecule has 2 aromatic carbocycles. The number of imide groups is 1. The van der Waals surface area contributed by atoms with Crippen molar-refractivity contribution in [3.05, 3.63) is 75.0 Å². The Hall–Kier alpha value is -5.79. The monoisotopic (exact) mass is 903 g/mol. The maximum atomic E-state index is 13.2. The van der Waals surface area contributed by atoms with Gasteiger partial charge in [-0.2, -0.15) is 0 Å². The zero-order valence-corrected chi connectivity index (χ0v) is 36.9. The lowest BCUT2D eigenvalue weighted by Crippen LogP contribution is -2.53. The average molecular weight is 904 g/mol. The standard InChI is InChI=1S/C44H53N7O10S2/c1-50-24-32(39-31(42(50)55)23-36(62-39)40(45)48-27-15-19-63(58,59)20-16-27)26-9-13-34(35(21-26)60-2)61-25-38(53)47-18-8-6-4-3-5-7-17-46-28-10-11-29-30(22-28)44(57)51(43(29)56)33-12-14-37(52)49-41(33)54/h9-11,13,21-24,27,33,43,46,56H,3-8,12,14-20,25H2,1-2H3,(H2,45,48)(H,47,53)(H,49,52,54). The minimum atomic E-state index is -3.03. The molecule has 2 aromatic heterocycles. The summed E-state index contributed by atoms with van der Waals surface area (Å²) < 4.78 is 37.4. The van der Waals surface area contributed by atoms with E-state index in [1.165, 1.54) is 23.0 Å². The number of fused-ring (bicyclic) bond motifs is 2. The molecule has 336 valence electrons. The maximum absolute atomic E-state index is 13.2. The summed E-state index contributed by atoms with van der Waals surface area (Å²) >= 11 is 1.35. The Morgan fingerprint density at radius 2 is 1.68 bits per heavy atom. The molecule has 6 N–H and O–H groups in total. The summed E-state index contributed by atoms with van der Waals surface area (Å²) in [6.07, 6.45) is 7.37. The van der Waals surface area contributed by atoms with E-state index in [4.69, 9.17) is 15.2 Å². The van der Waals surface area contributed by atoms with Gasteiger partial charge in [0.05, 0.1) is 34.9 Å². The number of carbonyl (C=O) groups excluding carboxylic acids is 4. The van der Waals surface area contributed by atoms with E-state index in [2.05, 4.69) is 20.9 Å². The number of nitrogens with two attached hydrogens (primary N) is 1. The van der Waals surface area contributed by atoms with Crippen LogP contribution in [0.2, 0.25) is 0 Å². The number of thiophene rings is 1. The van der Waals surface area contributed by atoms with Crippen molar-refractivity contribution >= 4 is 66.4 Å². The Morgan fingerprint density at radius 3 is 2.41 bits per heavy atom. The molecule has 2 unspecified atom stereocenters. The predicted octanol–water partition coefficient (Wildman–Crippen LogP) is 3.76. The quantitative estimate of drug-likeness (QED) is 0.0415. The lowest BCUT2D eigenvalue weighted by Gasteiger charge is -2.31. The number of nitrogens with zero attached hydrogens (tertiary/aromatic N) is 3. The minimum absolute atomic E-state index is 0.0843. The first-order valence-corrected chi connectivity index (χ1v) is 23.8. The van der Waals surface area contributed by atoms with Crippen LogP contribution in [-0.4, -0.2) is 103 Å². The molecule has 5 heterocycles. The predicted molar refractivity (Wildman–Crippen MR) is 240 cm³/mol. The van der Waals surface area contributed by atoms with E-state index >= 15 is 0 Å². The van der Waals surface area contributed by atoms with Gasteiger partial charge in [0.25, 0.3) is 17.4 Å². The highest BCUT2D eigenvalue weighted by molar-refractivity contribution is 7.91. The number of amides is 4. The molecule has 2 atom stereocenters. The molecule has 0 spiro atoms. The molecule has 0 radical (unpaired) electrons. The molecule has 3 aliphatic rings. The van der Waals surface area contributed by atoms with Gasteiger partial charge >= 0.3 is 0 Å². The number of amidine groups is 1. The van der Waals surface area contributed by atoms with Gasteiger partial charge in [0.15, 0.2) is 24.3 Å². The van der Waals surface area contributed by atoms with Gasteiger partial charge in [0.2, 0.25) is 11.8 Å². The van der Waals surface area contributed by atoms with Gasteiger partial charge in [0.1, 0.15) is 21.7 Å². The number of aromatic nitrogens is 1. The summed E-state index contributed by atoms with van der Waals surface area (Å²) in [5.74, 6) is -0.390. The summed E-state index contributed by atoms with van der Waals surface area (Å²) in [6, 6.07) is 11.2. The number of aliphatic hydroxyl groups excluding tert-OH is 1. The largest absolute Gasteiger partial charge is 0.493 e. The van der Waals surface area contributed by atoms with Crippen LogP contribution < -0.4 is 36.7 Å². The first-order valence-electron chi connectivity index (χ1n) is 21.2. The van der Waals surface area contributed by atoms with Gasteiger partial charge in [0, 0.05) is 59.8 Å². The highest BCUT2D eigenvalue weighted by Gasteiger charge is 2.44. The molecule has 19 heteroatoms. The minimum Gasteiger partial charge on any atom is -0.493 e. The number of sulfone groups is 1. The molecule has 7 rings (SSSR count). The van der Waals surface area contributed by atoms with Crippen molar-refractivity contribution in [2.75, 3.05) is 43.6 Å². The molecule has 2 fully saturated rings. The number of benzene rings is 2. The summed E-state index contributed by atoms with van der Waals surface area (Å²) in [5.41, 5.74) is 9.28. The number of ether oxygens (including phenoxy) is 2. The summed E-state index contributed by atoms with van der Waals surface area (Å²) in [6.45, 7) is 1.04. The van der Waals surface area contributed by atoms with E-state index in [-0.39, 0.29) is 60.2 Å². The number of aliphatic hydroxyl groups is 1. The number of piperidine rings is 1. The number of carbonyl (C=O) groups is 4. The van der Waals surface area contributed by atoms with Gasteiger partial charge in [-0.25, -0.2) is 8.42 Å². The SMILES string of the molecule is COc1cc(-c2cn(C)c(=O)c3cc(C(N)=NC4CCS(=O)(=O)CC4)sc23)ccc1OCC(=O)NCCCCCCCCNc1ccc2c(c1)C(=O)N(C1CCC(=O)NC1=O)C2O. The fourth-order valence-electron chi connectivity index (χ4n) is 8.15. The lowest BCUT2D eigenvalue weighted by molar-refractivity contribution is -0.139. The van der Waals surface area contributed by atoms with Crippen LogP contribution in [0.3, 0.4) is 0 Å². The molecule has 0 bridgehead atoms. The molecular formula is C44H53N7O10S2. The van der Waals surface area contributed by atoms with Gasteiger partial charge < -0.3 is 35.5 Å². The highest BCUT2D eigenvalue weighted by Crippen LogP contribution is 2.39. The van der Waals surface area contributed by atoms with E-state index in [1.807, 2.05) is 6.07 Å². The first-order chi connectivity index (χ1) is 30.2. The van der Waals surface area contributed by atoms with Crippen molar-refractivity contribution in [3.63, 3.8) is 0 Å². The Bertz CT molecular complexity index is 2590. The topological polar surface area (TPSA) is 241 Å². The van der Waals surface area contributed by atoms with Crippen LogP contribution in [0.4, 0.5) is 5.69 Å².